The Morgan fingerprint density at radius 3 is 1.25 bits per heavy atom. The number of rotatable bonds is 0. The van der Waals surface area contributed by atoms with Crippen molar-refractivity contribution in [3.8, 4) is 0 Å². The van der Waals surface area contributed by atoms with Crippen molar-refractivity contribution in [2.45, 2.75) is 0 Å². The molecule has 0 atom stereocenters. The predicted molar refractivity (Wildman–Crippen MR) is 16.5 cm³/mol. The first kappa shape index (κ1) is 22.5. The van der Waals surface area contributed by atoms with E-state index in [1.165, 1.54) is 0 Å². The molecule has 0 aromatic heterocycles. The fourth-order valence-corrected chi connectivity index (χ4v) is 0. The SMILES string of the molecule is O=P(O)(O)O.[H-].[H-].[Li+].[Mn].[Na+]. The smallest absolute Gasteiger partial charge is 1.00 e. The van der Waals surface area contributed by atoms with Crippen molar-refractivity contribution in [2.24, 2.45) is 0 Å². The van der Waals surface area contributed by atoms with Gasteiger partial charge in [-0.25, -0.2) is 4.57 Å². The van der Waals surface area contributed by atoms with Gasteiger partial charge in [0.2, 0.25) is 0 Å². The Hall–Kier alpha value is 2.23. The zero-order chi connectivity index (χ0) is 4.50. The summed E-state index contributed by atoms with van der Waals surface area (Å²) in [4.78, 5) is 21.6. The van der Waals surface area contributed by atoms with Gasteiger partial charge in [0.15, 0.2) is 0 Å². The van der Waals surface area contributed by atoms with E-state index in [1.807, 2.05) is 0 Å². The van der Waals surface area contributed by atoms with Crippen molar-refractivity contribution >= 4 is 7.82 Å². The van der Waals surface area contributed by atoms with Gasteiger partial charge in [-0.1, -0.05) is 0 Å². The van der Waals surface area contributed by atoms with Crippen LogP contribution in [0.15, 0.2) is 0 Å². The maximum Gasteiger partial charge on any atom is 1.00 e. The minimum Gasteiger partial charge on any atom is -1.00 e. The minimum atomic E-state index is -4.64. The van der Waals surface area contributed by atoms with Crippen LogP contribution in [0.25, 0.3) is 0 Å². The van der Waals surface area contributed by atoms with Crippen molar-refractivity contribution < 1.29 is 87.6 Å². The van der Waals surface area contributed by atoms with Crippen LogP contribution in [0, 0.1) is 0 Å². The van der Waals surface area contributed by atoms with Gasteiger partial charge in [-0.2, -0.15) is 0 Å². The van der Waals surface area contributed by atoms with E-state index in [-0.39, 0.29) is 68.3 Å². The monoisotopic (exact) mass is 185 g/mol. The summed E-state index contributed by atoms with van der Waals surface area (Å²) in [6.07, 6.45) is 0. The normalized spacial score (nSPS) is 7.38. The average molecular weight is 185 g/mol. The summed E-state index contributed by atoms with van der Waals surface area (Å²) < 4.78 is 8.88. The summed E-state index contributed by atoms with van der Waals surface area (Å²) in [5.74, 6) is 0. The molecule has 8 heteroatoms. The molecule has 0 fully saturated rings. The molecule has 0 aliphatic heterocycles. The maximum atomic E-state index is 8.88. The van der Waals surface area contributed by atoms with E-state index in [2.05, 4.69) is 0 Å². The van der Waals surface area contributed by atoms with Crippen molar-refractivity contribution in [3.05, 3.63) is 0 Å². The van der Waals surface area contributed by atoms with E-state index in [0.29, 0.717) is 0 Å². The second-order valence-electron chi connectivity index (χ2n) is 0.513. The van der Waals surface area contributed by atoms with Gasteiger partial charge in [0.05, 0.1) is 0 Å². The van der Waals surface area contributed by atoms with Crippen LogP contribution in [0.3, 0.4) is 0 Å². The molecule has 0 heterocycles. The average Bonchev–Trinajstić information content (AvgIpc) is 0.722. The maximum absolute atomic E-state index is 8.88. The minimum absolute atomic E-state index is 0. The largest absolute Gasteiger partial charge is 1.00 e. The molecular weight excluding hydrogens is 180 g/mol. The Morgan fingerprint density at radius 1 is 1.25 bits per heavy atom. The zero-order valence-corrected chi connectivity index (χ0v) is 8.65. The first-order valence-electron chi connectivity index (χ1n) is 0.783. The Kier molecular flexibility index (Phi) is 25.9. The summed E-state index contributed by atoms with van der Waals surface area (Å²) in [5, 5.41) is 0. The molecule has 0 aliphatic rings. The molecule has 0 aliphatic carbocycles. The molecule has 0 saturated heterocycles. The van der Waals surface area contributed by atoms with Crippen LogP contribution >= 0.6 is 7.82 Å². The van der Waals surface area contributed by atoms with E-state index < -0.39 is 7.82 Å². The quantitative estimate of drug-likeness (QED) is 0.259. The Labute approximate surface area is 94.6 Å². The predicted octanol–water partition coefficient (Wildman–Crippen LogP) is -6.70. The van der Waals surface area contributed by atoms with Gasteiger partial charge in [-0.3, -0.25) is 0 Å². The summed E-state index contributed by atoms with van der Waals surface area (Å²) in [6, 6.07) is 0. The van der Waals surface area contributed by atoms with Crippen LogP contribution in [0.5, 0.6) is 0 Å². The molecule has 0 spiro atoms. The Morgan fingerprint density at radius 2 is 1.25 bits per heavy atom. The Bertz CT molecular complexity index is 69.4. The van der Waals surface area contributed by atoms with Gasteiger partial charge in [-0.05, 0) is 0 Å². The summed E-state index contributed by atoms with van der Waals surface area (Å²) >= 11 is 0. The molecule has 0 unspecified atom stereocenters. The molecule has 0 bridgehead atoms. The van der Waals surface area contributed by atoms with Gasteiger partial charge in [0, 0.05) is 17.1 Å². The van der Waals surface area contributed by atoms with E-state index in [1.54, 1.807) is 0 Å². The Balaban J connectivity index is -0.00000000800. The van der Waals surface area contributed by atoms with Crippen molar-refractivity contribution in [3.63, 3.8) is 0 Å². The molecule has 0 aromatic carbocycles. The first-order valence-corrected chi connectivity index (χ1v) is 2.35. The number of phosphoric acid groups is 1. The molecule has 0 rings (SSSR count). The van der Waals surface area contributed by atoms with E-state index in [9.17, 15) is 0 Å². The molecule has 3 N–H and O–H groups in total. The molecule has 0 amide bonds. The van der Waals surface area contributed by atoms with Crippen LogP contribution < -0.4 is 48.4 Å². The van der Waals surface area contributed by atoms with Gasteiger partial charge in [0.25, 0.3) is 0 Å². The summed E-state index contributed by atoms with van der Waals surface area (Å²) in [6.45, 7) is 0. The molecule has 1 radical (unpaired) electrons. The fraction of sp³-hybridized carbons (Fsp3) is 0. The third-order valence-corrected chi connectivity index (χ3v) is 0. The van der Waals surface area contributed by atoms with Gasteiger partial charge in [0.1, 0.15) is 0 Å². The van der Waals surface area contributed by atoms with Crippen molar-refractivity contribution in [1.29, 1.82) is 0 Å². The van der Waals surface area contributed by atoms with Crippen LogP contribution in [-0.4, -0.2) is 14.7 Å². The van der Waals surface area contributed by atoms with Gasteiger partial charge >= 0.3 is 56.2 Å². The summed E-state index contributed by atoms with van der Waals surface area (Å²) in [7, 11) is -4.64. The van der Waals surface area contributed by atoms with Crippen LogP contribution in [0.2, 0.25) is 0 Å². The molecule has 4 nitrogen and oxygen atoms in total. The molecule has 8 heavy (non-hydrogen) atoms. The standard InChI is InChI=1S/Li.Mn.Na.H3O4P.2H/c;;;1-5(2,3)4;;/h;;;(H3,1,2,3,4);;/q+1;;+1;;2*-1. The zero-order valence-electron chi connectivity index (χ0n) is 6.58. The molecule has 0 saturated carbocycles. The van der Waals surface area contributed by atoms with Crippen molar-refractivity contribution in [2.75, 3.05) is 0 Å². The van der Waals surface area contributed by atoms with E-state index in [0.717, 1.165) is 0 Å². The van der Waals surface area contributed by atoms with Crippen LogP contribution in [0.1, 0.15) is 2.85 Å². The summed E-state index contributed by atoms with van der Waals surface area (Å²) in [5.41, 5.74) is 0. The number of hydrogen-bond acceptors (Lipinski definition) is 1. The van der Waals surface area contributed by atoms with Crippen LogP contribution in [0.4, 0.5) is 0 Å². The third-order valence-electron chi connectivity index (χ3n) is 0. The van der Waals surface area contributed by atoms with E-state index >= 15 is 0 Å². The van der Waals surface area contributed by atoms with E-state index in [4.69, 9.17) is 19.2 Å². The first-order chi connectivity index (χ1) is 2.00. The fourth-order valence-electron chi connectivity index (χ4n) is 0. The third kappa shape index (κ3) is 86.6. The van der Waals surface area contributed by atoms with Gasteiger partial charge < -0.3 is 17.5 Å². The van der Waals surface area contributed by atoms with Crippen LogP contribution in [-0.2, 0) is 21.6 Å². The van der Waals surface area contributed by atoms with Crippen molar-refractivity contribution in [1.82, 2.24) is 0 Å². The molecule has 0 aromatic rings. The topological polar surface area (TPSA) is 77.8 Å². The molecule has 43 valence electrons. The second kappa shape index (κ2) is 9.23. The second-order valence-corrected chi connectivity index (χ2v) is 1.54. The molecular formula is H5LiMnNaO4P. The number of hydrogen-bond donors (Lipinski definition) is 3. The van der Waals surface area contributed by atoms with Gasteiger partial charge in [-0.15, -0.1) is 0 Å².